The Morgan fingerprint density at radius 1 is 1.64 bits per heavy atom. The van der Waals surface area contributed by atoms with Crippen LogP contribution in [0.5, 0.6) is 0 Å². The van der Waals surface area contributed by atoms with E-state index in [-0.39, 0.29) is 11.3 Å². The molecule has 0 unspecified atom stereocenters. The van der Waals surface area contributed by atoms with Gasteiger partial charge in [-0.1, -0.05) is 6.07 Å². The van der Waals surface area contributed by atoms with Gasteiger partial charge in [0.1, 0.15) is 5.82 Å². The maximum absolute atomic E-state index is 12.9. The number of amides is 1. The molecule has 5 heteroatoms. The highest BCUT2D eigenvalue weighted by Gasteiger charge is 2.11. The van der Waals surface area contributed by atoms with E-state index >= 15 is 0 Å². The monoisotopic (exact) mass is 198 g/mol. The number of benzene rings is 1. The van der Waals surface area contributed by atoms with Crippen LogP contribution in [0.15, 0.2) is 18.2 Å². The number of nitrogens with one attached hydrogen (secondary N) is 1. The lowest BCUT2D eigenvalue weighted by Crippen LogP contribution is -2.24. The maximum atomic E-state index is 12.9. The predicted octanol–water partition coefficient (Wildman–Crippen LogP) is 1.09. The van der Waals surface area contributed by atoms with Crippen molar-refractivity contribution < 1.29 is 14.0 Å². The molecule has 1 aromatic carbocycles. The number of nitrogens with two attached hydrogens (primary N) is 1. The zero-order chi connectivity index (χ0) is 10.6. The number of carbonyl (C=O) groups excluding carboxylic acids is 1. The van der Waals surface area contributed by atoms with Gasteiger partial charge in [0, 0.05) is 0 Å². The van der Waals surface area contributed by atoms with E-state index in [0.717, 1.165) is 0 Å². The van der Waals surface area contributed by atoms with Gasteiger partial charge in [0.15, 0.2) is 0 Å². The highest BCUT2D eigenvalue weighted by atomic mass is 19.1. The van der Waals surface area contributed by atoms with Gasteiger partial charge in [-0.15, -0.1) is 0 Å². The van der Waals surface area contributed by atoms with Crippen LogP contribution in [0.3, 0.4) is 0 Å². The number of hydroxylamine groups is 1. The predicted molar refractivity (Wildman–Crippen MR) is 49.9 cm³/mol. The summed E-state index contributed by atoms with van der Waals surface area (Å²) in [4.78, 5) is 16.0. The van der Waals surface area contributed by atoms with Crippen LogP contribution in [0.25, 0.3) is 0 Å². The first-order chi connectivity index (χ1) is 6.66. The molecule has 0 aliphatic carbocycles. The van der Waals surface area contributed by atoms with Crippen LogP contribution in [0.1, 0.15) is 17.3 Å². The molecule has 0 atom stereocenters. The van der Waals surface area contributed by atoms with Crippen molar-refractivity contribution in [3.63, 3.8) is 0 Å². The van der Waals surface area contributed by atoms with Crippen molar-refractivity contribution in [3.8, 4) is 0 Å². The average Bonchev–Trinajstić information content (AvgIpc) is 2.18. The Hall–Kier alpha value is -1.62. The zero-order valence-electron chi connectivity index (χ0n) is 7.71. The van der Waals surface area contributed by atoms with Crippen LogP contribution < -0.4 is 11.2 Å². The molecule has 0 saturated carbocycles. The second-order valence-electron chi connectivity index (χ2n) is 2.57. The lowest BCUT2D eigenvalue weighted by molar-refractivity contribution is 0.0365. The van der Waals surface area contributed by atoms with Gasteiger partial charge in [0.2, 0.25) is 0 Å². The molecule has 0 spiro atoms. The number of hydrogen-bond acceptors (Lipinski definition) is 3. The summed E-state index contributed by atoms with van der Waals surface area (Å²) in [6, 6.07) is 4.02. The molecule has 1 aromatic rings. The first kappa shape index (κ1) is 10.5. The molecule has 0 aliphatic heterocycles. The van der Waals surface area contributed by atoms with Gasteiger partial charge in [-0.05, 0) is 19.1 Å². The van der Waals surface area contributed by atoms with Gasteiger partial charge in [-0.3, -0.25) is 9.63 Å². The van der Waals surface area contributed by atoms with Crippen LogP contribution >= 0.6 is 0 Å². The van der Waals surface area contributed by atoms with Crippen LogP contribution in [-0.2, 0) is 4.84 Å². The van der Waals surface area contributed by atoms with Crippen LogP contribution in [-0.4, -0.2) is 12.5 Å². The van der Waals surface area contributed by atoms with E-state index in [1.807, 2.05) is 0 Å². The fourth-order valence-corrected chi connectivity index (χ4v) is 0.928. The molecule has 1 rings (SSSR count). The molecule has 14 heavy (non-hydrogen) atoms. The second kappa shape index (κ2) is 4.57. The second-order valence-corrected chi connectivity index (χ2v) is 2.57. The van der Waals surface area contributed by atoms with E-state index in [0.29, 0.717) is 6.61 Å². The topological polar surface area (TPSA) is 64.3 Å². The van der Waals surface area contributed by atoms with Gasteiger partial charge in [0.05, 0.1) is 17.9 Å². The summed E-state index contributed by atoms with van der Waals surface area (Å²) < 4.78 is 12.9. The Kier molecular flexibility index (Phi) is 3.41. The van der Waals surface area contributed by atoms with Crippen molar-refractivity contribution in [3.05, 3.63) is 29.6 Å². The average molecular weight is 198 g/mol. The molecule has 1 amide bonds. The first-order valence-corrected chi connectivity index (χ1v) is 4.13. The van der Waals surface area contributed by atoms with E-state index in [9.17, 15) is 9.18 Å². The van der Waals surface area contributed by atoms with Crippen LogP contribution in [0.2, 0.25) is 0 Å². The Labute approximate surface area is 80.8 Å². The SMILES string of the molecule is CCONC(=O)c1cccc(F)c1N. The van der Waals surface area contributed by atoms with E-state index < -0.39 is 11.7 Å². The van der Waals surface area contributed by atoms with E-state index in [1.54, 1.807) is 6.92 Å². The fourth-order valence-electron chi connectivity index (χ4n) is 0.928. The zero-order valence-corrected chi connectivity index (χ0v) is 7.71. The summed E-state index contributed by atoms with van der Waals surface area (Å²) in [5, 5.41) is 0. The summed E-state index contributed by atoms with van der Waals surface area (Å²) >= 11 is 0. The number of hydrogen-bond donors (Lipinski definition) is 2. The molecule has 0 aliphatic rings. The number of anilines is 1. The summed E-state index contributed by atoms with van der Waals surface area (Å²) in [5.41, 5.74) is 7.39. The van der Waals surface area contributed by atoms with Crippen molar-refractivity contribution in [1.82, 2.24) is 5.48 Å². The number of halogens is 1. The lowest BCUT2D eigenvalue weighted by atomic mass is 10.1. The molecule has 0 heterocycles. The molecule has 76 valence electrons. The minimum atomic E-state index is -0.617. The van der Waals surface area contributed by atoms with E-state index in [1.165, 1.54) is 18.2 Å². The van der Waals surface area contributed by atoms with Gasteiger partial charge >= 0.3 is 0 Å². The molecule has 0 fully saturated rings. The Morgan fingerprint density at radius 3 is 3.00 bits per heavy atom. The summed E-state index contributed by atoms with van der Waals surface area (Å²) in [7, 11) is 0. The number of nitrogen functional groups attached to an aromatic ring is 1. The fraction of sp³-hybridized carbons (Fsp3) is 0.222. The molecule has 0 saturated heterocycles. The Morgan fingerprint density at radius 2 is 2.36 bits per heavy atom. The van der Waals surface area contributed by atoms with E-state index in [4.69, 9.17) is 5.73 Å². The van der Waals surface area contributed by atoms with Gasteiger partial charge < -0.3 is 5.73 Å². The lowest BCUT2D eigenvalue weighted by Gasteiger charge is -2.06. The highest BCUT2D eigenvalue weighted by molar-refractivity contribution is 5.98. The smallest absolute Gasteiger partial charge is 0.277 e. The molecular formula is C9H11FN2O2. The molecular weight excluding hydrogens is 187 g/mol. The standard InChI is InChI=1S/C9H11FN2O2/c1-2-14-12-9(13)6-4-3-5-7(10)8(6)11/h3-5H,2,11H2,1H3,(H,12,13). The minimum absolute atomic E-state index is 0.0680. The number of para-hydroxylation sites is 1. The summed E-state index contributed by atoms with van der Waals surface area (Å²) in [5.74, 6) is -1.17. The quantitative estimate of drug-likeness (QED) is 0.564. The Balaban J connectivity index is 2.84. The third kappa shape index (κ3) is 2.20. The largest absolute Gasteiger partial charge is 0.396 e. The maximum Gasteiger partial charge on any atom is 0.277 e. The van der Waals surface area contributed by atoms with Crippen molar-refractivity contribution in [2.45, 2.75) is 6.92 Å². The highest BCUT2D eigenvalue weighted by Crippen LogP contribution is 2.15. The van der Waals surface area contributed by atoms with Gasteiger partial charge in [-0.2, -0.15) is 0 Å². The third-order valence-electron chi connectivity index (χ3n) is 1.61. The van der Waals surface area contributed by atoms with Gasteiger partial charge in [-0.25, -0.2) is 9.87 Å². The summed E-state index contributed by atoms with van der Waals surface area (Å²) in [6.45, 7) is 2.05. The summed E-state index contributed by atoms with van der Waals surface area (Å²) in [6.07, 6.45) is 0. The van der Waals surface area contributed by atoms with Gasteiger partial charge in [0.25, 0.3) is 5.91 Å². The molecule has 4 nitrogen and oxygen atoms in total. The molecule has 0 aromatic heterocycles. The van der Waals surface area contributed by atoms with Crippen molar-refractivity contribution in [2.75, 3.05) is 12.3 Å². The molecule has 3 N–H and O–H groups in total. The van der Waals surface area contributed by atoms with Crippen molar-refractivity contribution >= 4 is 11.6 Å². The van der Waals surface area contributed by atoms with E-state index in [2.05, 4.69) is 10.3 Å². The normalized spacial score (nSPS) is 9.86. The first-order valence-electron chi connectivity index (χ1n) is 4.13. The van der Waals surface area contributed by atoms with Crippen molar-refractivity contribution in [1.29, 1.82) is 0 Å². The molecule has 0 radical (unpaired) electrons. The number of rotatable bonds is 3. The minimum Gasteiger partial charge on any atom is -0.396 e. The van der Waals surface area contributed by atoms with Crippen LogP contribution in [0.4, 0.5) is 10.1 Å². The molecule has 0 bridgehead atoms. The Bertz CT molecular complexity index is 342. The van der Waals surface area contributed by atoms with Crippen molar-refractivity contribution in [2.24, 2.45) is 0 Å². The number of carbonyl (C=O) groups is 1. The van der Waals surface area contributed by atoms with Crippen LogP contribution in [0, 0.1) is 5.82 Å². The third-order valence-corrected chi connectivity index (χ3v) is 1.61.